The number of benzene rings is 2. The summed E-state index contributed by atoms with van der Waals surface area (Å²) in [6.07, 6.45) is 5.58. The zero-order valence-corrected chi connectivity index (χ0v) is 24.5. The number of fused-ring (bicyclic) bond motifs is 1. The minimum absolute atomic E-state index is 0.0679. The molecule has 2 aromatic carbocycles. The topological polar surface area (TPSA) is 158 Å². The number of rotatable bonds is 11. The number of piperidine rings is 1. The summed E-state index contributed by atoms with van der Waals surface area (Å²) in [6.45, 7) is 4.58. The first-order valence-electron chi connectivity index (χ1n) is 13.0. The van der Waals surface area contributed by atoms with Crippen molar-refractivity contribution < 1.29 is 30.2 Å². The van der Waals surface area contributed by atoms with Crippen molar-refractivity contribution in [3.63, 3.8) is 0 Å². The number of nitrogens with one attached hydrogen (secondary N) is 2. The predicted molar refractivity (Wildman–Crippen MR) is 153 cm³/mol. The number of hydrogen-bond donors (Lipinski definition) is 2. The Hall–Kier alpha value is -3.82. The summed E-state index contributed by atoms with van der Waals surface area (Å²) in [5.74, 6) is 0.577. The van der Waals surface area contributed by atoms with Gasteiger partial charge >= 0.3 is 10.1 Å². The Balaban J connectivity index is 1.17. The van der Waals surface area contributed by atoms with E-state index in [2.05, 4.69) is 24.9 Å². The molecule has 1 fully saturated rings. The summed E-state index contributed by atoms with van der Waals surface area (Å²) in [4.78, 5) is 10.7. The molecule has 0 unspecified atom stereocenters. The lowest BCUT2D eigenvalue weighted by atomic mass is 10.0. The maximum absolute atomic E-state index is 12.6. The third kappa shape index (κ3) is 7.28. The molecule has 0 amide bonds. The molecule has 0 aliphatic carbocycles. The van der Waals surface area contributed by atoms with E-state index < -0.39 is 20.1 Å². The maximum Gasteiger partial charge on any atom is 0.306 e. The third-order valence-corrected chi connectivity index (χ3v) is 8.21. The smallest absolute Gasteiger partial charge is 0.306 e. The van der Waals surface area contributed by atoms with Gasteiger partial charge in [-0.05, 0) is 55.7 Å². The van der Waals surface area contributed by atoms with Gasteiger partial charge < -0.3 is 23.2 Å². The number of imidazole rings is 1. The van der Waals surface area contributed by atoms with Gasteiger partial charge in [0.25, 0.3) is 16.0 Å². The molecule has 1 saturated heterocycles. The summed E-state index contributed by atoms with van der Waals surface area (Å²) in [7, 11) is -5.78. The van der Waals surface area contributed by atoms with Gasteiger partial charge in [-0.1, -0.05) is 6.07 Å². The molecular weight excluding hydrogens is 572 g/mol. The standard InChI is InChI=1S/C26H32N6O7S2/c1-4-37-24-13-18(5-7-23(24)39-40(3,33)34)15-32-11-9-19(10-12-32)28-26-29-21-14-20(6-8-22(21)38-26)30-41(35,36)25-16-31(2)17-27-25/h5-8,13-14,16-17,19,30H,4,9-12,15H2,1-3H3,(H,28,29). The molecule has 2 N–H and O–H groups in total. The van der Waals surface area contributed by atoms with Gasteiger partial charge in [-0.15, -0.1) is 0 Å². The highest BCUT2D eigenvalue weighted by atomic mass is 32.2. The zero-order chi connectivity index (χ0) is 29.2. The van der Waals surface area contributed by atoms with Gasteiger partial charge in [0.15, 0.2) is 22.1 Å². The highest BCUT2D eigenvalue weighted by Crippen LogP contribution is 2.31. The monoisotopic (exact) mass is 604 g/mol. The van der Waals surface area contributed by atoms with Gasteiger partial charge in [-0.2, -0.15) is 21.8 Å². The maximum atomic E-state index is 12.6. The predicted octanol–water partition coefficient (Wildman–Crippen LogP) is 3.18. The van der Waals surface area contributed by atoms with Crippen LogP contribution in [0.5, 0.6) is 11.5 Å². The molecule has 0 saturated carbocycles. The highest BCUT2D eigenvalue weighted by Gasteiger charge is 2.22. The van der Waals surface area contributed by atoms with Gasteiger partial charge in [0.05, 0.1) is 24.9 Å². The van der Waals surface area contributed by atoms with Crippen LogP contribution < -0.4 is 19.0 Å². The summed E-state index contributed by atoms with van der Waals surface area (Å²) in [5, 5.41) is 3.29. The van der Waals surface area contributed by atoms with Crippen LogP contribution in [0.1, 0.15) is 25.3 Å². The van der Waals surface area contributed by atoms with E-state index in [1.54, 1.807) is 35.9 Å². The molecule has 41 heavy (non-hydrogen) atoms. The molecule has 2 aromatic heterocycles. The van der Waals surface area contributed by atoms with Gasteiger partial charge in [-0.3, -0.25) is 9.62 Å². The normalized spacial score (nSPS) is 15.2. The molecule has 0 atom stereocenters. The van der Waals surface area contributed by atoms with E-state index in [0.29, 0.717) is 41.7 Å². The van der Waals surface area contributed by atoms with Gasteiger partial charge in [0.1, 0.15) is 5.52 Å². The van der Waals surface area contributed by atoms with E-state index in [0.717, 1.165) is 37.8 Å². The van der Waals surface area contributed by atoms with E-state index in [4.69, 9.17) is 13.3 Å². The van der Waals surface area contributed by atoms with E-state index in [1.807, 2.05) is 19.1 Å². The number of aryl methyl sites for hydroxylation is 1. The average Bonchev–Trinajstić information content (AvgIpc) is 3.52. The van der Waals surface area contributed by atoms with Crippen molar-refractivity contribution in [3.05, 3.63) is 54.5 Å². The van der Waals surface area contributed by atoms with E-state index in [-0.39, 0.29) is 16.8 Å². The first kappa shape index (κ1) is 28.7. The second kappa shape index (κ2) is 11.6. The minimum atomic E-state index is -3.82. The van der Waals surface area contributed by atoms with Crippen LogP contribution in [0, 0.1) is 0 Å². The van der Waals surface area contributed by atoms with Crippen molar-refractivity contribution in [3.8, 4) is 11.5 Å². The van der Waals surface area contributed by atoms with Crippen LogP contribution in [-0.2, 0) is 33.7 Å². The number of ether oxygens (including phenoxy) is 1. The summed E-state index contributed by atoms with van der Waals surface area (Å²) >= 11 is 0. The Bertz CT molecular complexity index is 1740. The Morgan fingerprint density at radius 3 is 2.54 bits per heavy atom. The largest absolute Gasteiger partial charge is 0.490 e. The molecule has 1 aliphatic heterocycles. The lowest BCUT2D eigenvalue weighted by Gasteiger charge is -2.32. The van der Waals surface area contributed by atoms with Crippen LogP contribution in [-0.4, -0.2) is 68.3 Å². The molecule has 0 radical (unpaired) electrons. The molecule has 1 aliphatic rings. The van der Waals surface area contributed by atoms with Gasteiger partial charge in [0.2, 0.25) is 0 Å². The quantitative estimate of drug-likeness (QED) is 0.242. The molecular formula is C26H32N6O7S2. The summed E-state index contributed by atoms with van der Waals surface area (Å²) in [5.41, 5.74) is 2.42. The molecule has 3 heterocycles. The van der Waals surface area contributed by atoms with Crippen molar-refractivity contribution in [1.82, 2.24) is 19.4 Å². The average molecular weight is 605 g/mol. The third-order valence-electron chi connectivity index (χ3n) is 6.47. The fourth-order valence-corrected chi connectivity index (χ4v) is 6.10. The van der Waals surface area contributed by atoms with Crippen LogP contribution >= 0.6 is 0 Å². The number of likely N-dealkylation sites (tertiary alicyclic amines) is 1. The fourth-order valence-electron chi connectivity index (χ4n) is 4.61. The number of oxazole rings is 1. The van der Waals surface area contributed by atoms with Crippen LogP contribution in [0.2, 0.25) is 0 Å². The second-order valence-electron chi connectivity index (χ2n) is 9.88. The second-order valence-corrected chi connectivity index (χ2v) is 13.1. The Labute approximate surface area is 238 Å². The molecule has 15 heteroatoms. The lowest BCUT2D eigenvalue weighted by molar-refractivity contribution is 0.210. The zero-order valence-electron chi connectivity index (χ0n) is 22.9. The number of aromatic nitrogens is 3. The SMILES string of the molecule is CCOc1cc(CN2CCC(Nc3nc4cc(NS(=O)(=O)c5cn(C)cn5)ccc4o3)CC2)ccc1OS(C)(=O)=O. The van der Waals surface area contributed by atoms with E-state index in [9.17, 15) is 16.8 Å². The Morgan fingerprint density at radius 1 is 1.07 bits per heavy atom. The van der Waals surface area contributed by atoms with Crippen LogP contribution in [0.4, 0.5) is 11.7 Å². The minimum Gasteiger partial charge on any atom is -0.490 e. The highest BCUT2D eigenvalue weighted by molar-refractivity contribution is 7.92. The van der Waals surface area contributed by atoms with Crippen molar-refractivity contribution in [1.29, 1.82) is 0 Å². The van der Waals surface area contributed by atoms with Crippen molar-refractivity contribution in [2.75, 3.05) is 36.0 Å². The van der Waals surface area contributed by atoms with Crippen LogP contribution in [0.25, 0.3) is 11.1 Å². The van der Waals surface area contributed by atoms with Crippen molar-refractivity contribution in [2.24, 2.45) is 7.05 Å². The van der Waals surface area contributed by atoms with Crippen molar-refractivity contribution in [2.45, 2.75) is 37.4 Å². The Morgan fingerprint density at radius 2 is 1.85 bits per heavy atom. The number of hydrogen-bond acceptors (Lipinski definition) is 11. The molecule has 13 nitrogen and oxygen atoms in total. The molecule has 0 spiro atoms. The molecule has 5 rings (SSSR count). The van der Waals surface area contributed by atoms with Crippen LogP contribution in [0.15, 0.2) is 58.4 Å². The van der Waals surface area contributed by atoms with Gasteiger partial charge in [0, 0.05) is 38.9 Å². The Kier molecular flexibility index (Phi) is 8.11. The summed E-state index contributed by atoms with van der Waals surface area (Å²) < 4.78 is 68.9. The molecule has 220 valence electrons. The fraction of sp³-hybridized carbons (Fsp3) is 0.385. The molecule has 4 aromatic rings. The number of anilines is 2. The first-order chi connectivity index (χ1) is 19.5. The number of nitrogens with zero attached hydrogens (tertiary/aromatic N) is 4. The van der Waals surface area contributed by atoms with Gasteiger partial charge in [-0.25, -0.2) is 4.98 Å². The first-order valence-corrected chi connectivity index (χ1v) is 16.3. The lowest BCUT2D eigenvalue weighted by Crippen LogP contribution is -2.38. The molecule has 0 bridgehead atoms. The van der Waals surface area contributed by atoms with Crippen LogP contribution in [0.3, 0.4) is 0 Å². The summed E-state index contributed by atoms with van der Waals surface area (Å²) in [6, 6.07) is 10.7. The van der Waals surface area contributed by atoms with E-state index in [1.165, 1.54) is 12.5 Å². The number of sulfonamides is 1. The van der Waals surface area contributed by atoms with Crippen molar-refractivity contribution >= 4 is 42.9 Å². The van der Waals surface area contributed by atoms with E-state index >= 15 is 0 Å².